The van der Waals surface area contributed by atoms with Crippen molar-refractivity contribution in [1.82, 2.24) is 4.90 Å². The second kappa shape index (κ2) is 4.16. The lowest BCUT2D eigenvalue weighted by atomic mass is 9.94. The van der Waals surface area contributed by atoms with Crippen LogP contribution in [0, 0.1) is 5.82 Å². The van der Waals surface area contributed by atoms with Crippen LogP contribution in [0.2, 0.25) is 0 Å². The molecule has 1 amide bonds. The third-order valence-electron chi connectivity index (χ3n) is 2.98. The van der Waals surface area contributed by atoms with E-state index >= 15 is 0 Å². The number of benzene rings is 1. The highest BCUT2D eigenvalue weighted by atomic mass is 19.1. The van der Waals surface area contributed by atoms with Crippen LogP contribution < -0.4 is 0 Å². The molecule has 90 valence electrons. The second-order valence-corrected chi connectivity index (χ2v) is 4.09. The first-order valence-electron chi connectivity index (χ1n) is 5.29. The minimum absolute atomic E-state index is 0.0500. The molecular weight excluding hydrogens is 225 g/mol. The van der Waals surface area contributed by atoms with Gasteiger partial charge in [0.1, 0.15) is 5.82 Å². The van der Waals surface area contributed by atoms with E-state index in [9.17, 15) is 14.0 Å². The lowest BCUT2D eigenvalue weighted by molar-refractivity contribution is -0.129. The van der Waals surface area contributed by atoms with Crippen molar-refractivity contribution in [3.63, 3.8) is 0 Å². The van der Waals surface area contributed by atoms with E-state index in [0.29, 0.717) is 24.1 Å². The van der Waals surface area contributed by atoms with E-state index in [1.807, 2.05) is 0 Å². The molecule has 0 saturated heterocycles. The van der Waals surface area contributed by atoms with Crippen LogP contribution in [-0.2, 0) is 17.8 Å². The van der Waals surface area contributed by atoms with Crippen molar-refractivity contribution < 1.29 is 19.1 Å². The molecule has 0 aromatic heterocycles. The Morgan fingerprint density at radius 3 is 2.71 bits per heavy atom. The average Bonchev–Trinajstić information content (AvgIpc) is 2.26. The average molecular weight is 237 g/mol. The summed E-state index contributed by atoms with van der Waals surface area (Å²) in [5.41, 5.74) is 1.17. The topological polar surface area (TPSA) is 57.6 Å². The maximum absolute atomic E-state index is 13.2. The Morgan fingerprint density at radius 1 is 1.41 bits per heavy atom. The first kappa shape index (κ1) is 11.6. The zero-order valence-electron chi connectivity index (χ0n) is 9.36. The number of hydrogen-bond acceptors (Lipinski definition) is 2. The van der Waals surface area contributed by atoms with Gasteiger partial charge in [0, 0.05) is 20.0 Å². The van der Waals surface area contributed by atoms with Crippen LogP contribution in [0.25, 0.3) is 0 Å². The normalized spacial score (nSPS) is 14.4. The molecule has 0 fully saturated rings. The third-order valence-corrected chi connectivity index (χ3v) is 2.98. The van der Waals surface area contributed by atoms with Crippen molar-refractivity contribution in [2.45, 2.75) is 19.9 Å². The molecular formula is C12H12FNO3. The van der Waals surface area contributed by atoms with Gasteiger partial charge in [0.05, 0.1) is 5.56 Å². The van der Waals surface area contributed by atoms with Crippen molar-refractivity contribution in [3.05, 3.63) is 34.6 Å². The molecule has 0 unspecified atom stereocenters. The summed E-state index contributed by atoms with van der Waals surface area (Å²) >= 11 is 0. The number of carbonyl (C=O) groups excluding carboxylic acids is 1. The summed E-state index contributed by atoms with van der Waals surface area (Å²) in [7, 11) is 0. The van der Waals surface area contributed by atoms with Gasteiger partial charge in [-0.25, -0.2) is 9.18 Å². The van der Waals surface area contributed by atoms with Gasteiger partial charge in [-0.05, 0) is 29.7 Å². The van der Waals surface area contributed by atoms with Crippen molar-refractivity contribution in [1.29, 1.82) is 0 Å². The Balaban J connectivity index is 2.48. The predicted octanol–water partition coefficient (Wildman–Crippen LogP) is 1.43. The van der Waals surface area contributed by atoms with Crippen molar-refractivity contribution in [2.75, 3.05) is 6.54 Å². The summed E-state index contributed by atoms with van der Waals surface area (Å²) in [6.07, 6.45) is 0.493. The van der Waals surface area contributed by atoms with E-state index in [-0.39, 0.29) is 18.0 Å². The number of fused-ring (bicyclic) bond motifs is 1. The van der Waals surface area contributed by atoms with E-state index in [1.165, 1.54) is 13.0 Å². The quantitative estimate of drug-likeness (QED) is 0.803. The van der Waals surface area contributed by atoms with Gasteiger partial charge in [-0.2, -0.15) is 0 Å². The minimum atomic E-state index is -1.16. The van der Waals surface area contributed by atoms with Crippen LogP contribution in [0.4, 0.5) is 4.39 Å². The minimum Gasteiger partial charge on any atom is -0.478 e. The number of carbonyl (C=O) groups is 2. The number of nitrogens with zero attached hydrogens (tertiary/aromatic N) is 1. The molecule has 4 nitrogen and oxygen atoms in total. The summed E-state index contributed by atoms with van der Waals surface area (Å²) < 4.78 is 13.2. The molecule has 1 heterocycles. The summed E-state index contributed by atoms with van der Waals surface area (Å²) in [5, 5.41) is 9.02. The van der Waals surface area contributed by atoms with Crippen molar-refractivity contribution in [3.8, 4) is 0 Å². The lowest BCUT2D eigenvalue weighted by Gasteiger charge is -2.28. The van der Waals surface area contributed by atoms with Crippen LogP contribution in [0.5, 0.6) is 0 Å². The second-order valence-electron chi connectivity index (χ2n) is 4.09. The summed E-state index contributed by atoms with van der Waals surface area (Å²) in [6.45, 7) is 2.19. The highest BCUT2D eigenvalue weighted by Gasteiger charge is 2.24. The Kier molecular flexibility index (Phi) is 2.83. The number of carboxylic acids is 1. The van der Waals surface area contributed by atoms with Crippen LogP contribution in [-0.4, -0.2) is 28.4 Å². The summed E-state index contributed by atoms with van der Waals surface area (Å²) in [5.74, 6) is -1.81. The van der Waals surface area contributed by atoms with Crippen LogP contribution in [0.3, 0.4) is 0 Å². The maximum atomic E-state index is 13.2. The standard InChI is InChI=1S/C12H12FNO3/c1-7(15)14-3-2-8-4-9(13)5-10(12(16)17)11(8)6-14/h4-5H,2-3,6H2,1H3,(H,16,17). The largest absolute Gasteiger partial charge is 0.478 e. The third kappa shape index (κ3) is 2.13. The zero-order valence-corrected chi connectivity index (χ0v) is 9.36. The molecule has 1 aromatic carbocycles. The van der Waals surface area contributed by atoms with E-state index in [2.05, 4.69) is 0 Å². The molecule has 17 heavy (non-hydrogen) atoms. The van der Waals surface area contributed by atoms with Gasteiger partial charge >= 0.3 is 5.97 Å². The molecule has 0 bridgehead atoms. The molecule has 5 heteroatoms. The summed E-state index contributed by atoms with van der Waals surface area (Å²) in [4.78, 5) is 23.9. The first-order valence-corrected chi connectivity index (χ1v) is 5.29. The Labute approximate surface area is 97.7 Å². The summed E-state index contributed by atoms with van der Waals surface area (Å²) in [6, 6.07) is 2.35. The molecule has 1 aliphatic heterocycles. The lowest BCUT2D eigenvalue weighted by Crippen LogP contribution is -2.35. The molecule has 1 aliphatic rings. The first-order chi connectivity index (χ1) is 7.99. The number of halogens is 1. The predicted molar refractivity (Wildman–Crippen MR) is 58.2 cm³/mol. The number of amides is 1. The van der Waals surface area contributed by atoms with Crippen molar-refractivity contribution in [2.24, 2.45) is 0 Å². The number of hydrogen-bond donors (Lipinski definition) is 1. The highest BCUT2D eigenvalue weighted by molar-refractivity contribution is 5.90. The molecule has 0 aliphatic carbocycles. The smallest absolute Gasteiger partial charge is 0.336 e. The highest BCUT2D eigenvalue weighted by Crippen LogP contribution is 2.24. The Morgan fingerprint density at radius 2 is 2.12 bits per heavy atom. The van der Waals surface area contributed by atoms with E-state index < -0.39 is 11.8 Å². The van der Waals surface area contributed by atoms with Gasteiger partial charge in [-0.15, -0.1) is 0 Å². The van der Waals surface area contributed by atoms with Crippen LogP contribution in [0.1, 0.15) is 28.4 Å². The molecule has 0 atom stereocenters. The van der Waals surface area contributed by atoms with E-state index in [0.717, 1.165) is 6.07 Å². The fourth-order valence-electron chi connectivity index (χ4n) is 2.09. The van der Waals surface area contributed by atoms with E-state index in [4.69, 9.17) is 5.11 Å². The molecule has 1 N–H and O–H groups in total. The monoisotopic (exact) mass is 237 g/mol. The number of rotatable bonds is 1. The Hall–Kier alpha value is -1.91. The molecule has 2 rings (SSSR count). The van der Waals surface area contributed by atoms with Gasteiger partial charge in [-0.3, -0.25) is 4.79 Å². The Bertz CT molecular complexity index is 499. The SMILES string of the molecule is CC(=O)N1CCc2cc(F)cc(C(=O)O)c2C1. The van der Waals surface area contributed by atoms with Gasteiger partial charge in [-0.1, -0.05) is 0 Å². The molecule has 0 spiro atoms. The maximum Gasteiger partial charge on any atom is 0.336 e. The number of aromatic carboxylic acids is 1. The van der Waals surface area contributed by atoms with Crippen LogP contribution >= 0.6 is 0 Å². The van der Waals surface area contributed by atoms with Crippen molar-refractivity contribution >= 4 is 11.9 Å². The van der Waals surface area contributed by atoms with Gasteiger partial charge in [0.15, 0.2) is 0 Å². The molecule has 0 radical (unpaired) electrons. The van der Waals surface area contributed by atoms with E-state index in [1.54, 1.807) is 4.90 Å². The molecule has 1 aromatic rings. The fourth-order valence-corrected chi connectivity index (χ4v) is 2.09. The zero-order chi connectivity index (χ0) is 12.6. The van der Waals surface area contributed by atoms with Gasteiger partial charge in [0.2, 0.25) is 5.91 Å². The van der Waals surface area contributed by atoms with Crippen LogP contribution in [0.15, 0.2) is 12.1 Å². The van der Waals surface area contributed by atoms with Gasteiger partial charge in [0.25, 0.3) is 0 Å². The van der Waals surface area contributed by atoms with Gasteiger partial charge < -0.3 is 10.0 Å². The molecule has 0 saturated carbocycles. The fraction of sp³-hybridized carbons (Fsp3) is 0.333. The number of carboxylic acid groups (broad SMARTS) is 1.